The van der Waals surface area contributed by atoms with E-state index in [9.17, 15) is 4.39 Å². The van der Waals surface area contributed by atoms with Gasteiger partial charge in [0.2, 0.25) is 0 Å². The van der Waals surface area contributed by atoms with E-state index in [1.807, 2.05) is 30.3 Å². The van der Waals surface area contributed by atoms with Gasteiger partial charge >= 0.3 is 0 Å². The van der Waals surface area contributed by atoms with Crippen LogP contribution >= 0.6 is 34.8 Å². The molecule has 7 heteroatoms. The van der Waals surface area contributed by atoms with Crippen molar-refractivity contribution in [1.82, 2.24) is 9.97 Å². The number of fused-ring (bicyclic) bond motifs is 2. The molecule has 154 valence electrons. The highest BCUT2D eigenvalue weighted by molar-refractivity contribution is 6.36. The lowest BCUT2D eigenvalue weighted by Gasteiger charge is -2.09. The molecule has 0 spiro atoms. The molecule has 0 bridgehead atoms. The maximum atomic E-state index is 12.9. The van der Waals surface area contributed by atoms with Crippen LogP contribution in [0.5, 0.6) is 0 Å². The monoisotopic (exact) mass is 469 g/mol. The van der Waals surface area contributed by atoms with E-state index < -0.39 is 0 Å². The summed E-state index contributed by atoms with van der Waals surface area (Å²) in [5, 5.41) is 7.18. The average molecular weight is 471 g/mol. The number of benzene rings is 3. The average Bonchev–Trinajstić information content (AvgIpc) is 2.76. The van der Waals surface area contributed by atoms with Crippen LogP contribution in [0.3, 0.4) is 0 Å². The second kappa shape index (κ2) is 9.48. The molecule has 5 rings (SSSR count). The molecule has 3 aromatic carbocycles. The van der Waals surface area contributed by atoms with Crippen LogP contribution in [0.15, 0.2) is 85.2 Å². The van der Waals surface area contributed by atoms with E-state index in [1.165, 1.54) is 12.1 Å². The van der Waals surface area contributed by atoms with Crippen molar-refractivity contribution in [3.63, 3.8) is 0 Å². The number of anilines is 2. The number of nitrogens with one attached hydrogen (secondary N) is 1. The van der Waals surface area contributed by atoms with E-state index in [1.54, 1.807) is 42.7 Å². The van der Waals surface area contributed by atoms with E-state index in [4.69, 9.17) is 34.8 Å². The lowest BCUT2D eigenvalue weighted by molar-refractivity contribution is 0.628. The molecule has 31 heavy (non-hydrogen) atoms. The molecule has 0 saturated carbocycles. The first-order valence-electron chi connectivity index (χ1n) is 9.26. The summed E-state index contributed by atoms with van der Waals surface area (Å²) in [7, 11) is 0. The van der Waals surface area contributed by atoms with Crippen LogP contribution in [0.2, 0.25) is 15.1 Å². The van der Waals surface area contributed by atoms with E-state index in [0.29, 0.717) is 15.1 Å². The largest absolute Gasteiger partial charge is 0.355 e. The van der Waals surface area contributed by atoms with Crippen molar-refractivity contribution in [2.24, 2.45) is 0 Å². The molecule has 3 nitrogen and oxygen atoms in total. The zero-order chi connectivity index (χ0) is 21.8. The number of aromatic nitrogens is 2. The maximum absolute atomic E-state index is 12.9. The summed E-state index contributed by atoms with van der Waals surface area (Å²) in [6, 6.07) is 20.9. The molecule has 0 amide bonds. The SMILES string of the molecule is Clc1ccc2c(Cl)ccnc2c1.Fc1ccc(Nc2ccnc3cc(Cl)ccc23)cc1. The molecule has 0 atom stereocenters. The first kappa shape index (κ1) is 21.3. The molecule has 0 fully saturated rings. The third-order valence-corrected chi connectivity index (χ3v) is 5.28. The molecule has 2 aromatic heterocycles. The molecule has 0 saturated heterocycles. The highest BCUT2D eigenvalue weighted by Gasteiger charge is 2.03. The number of hydrogen-bond acceptors (Lipinski definition) is 3. The number of pyridine rings is 2. The fourth-order valence-corrected chi connectivity index (χ4v) is 3.55. The maximum Gasteiger partial charge on any atom is 0.123 e. The van der Waals surface area contributed by atoms with E-state index in [-0.39, 0.29) is 5.82 Å². The summed E-state index contributed by atoms with van der Waals surface area (Å²) in [6.45, 7) is 0. The molecule has 5 aromatic rings. The first-order valence-corrected chi connectivity index (χ1v) is 10.4. The second-order valence-electron chi connectivity index (χ2n) is 6.61. The van der Waals surface area contributed by atoms with Crippen molar-refractivity contribution in [3.05, 3.63) is 106 Å². The summed E-state index contributed by atoms with van der Waals surface area (Å²) in [4.78, 5) is 8.41. The Hall–Kier alpha value is -2.92. The molecule has 2 heterocycles. The van der Waals surface area contributed by atoms with Crippen molar-refractivity contribution < 1.29 is 4.39 Å². The fraction of sp³-hybridized carbons (Fsp3) is 0. The number of halogens is 4. The van der Waals surface area contributed by atoms with Crippen molar-refractivity contribution in [2.45, 2.75) is 0 Å². The van der Waals surface area contributed by atoms with E-state index >= 15 is 0 Å². The third kappa shape index (κ3) is 5.23. The Bertz CT molecular complexity index is 1360. The summed E-state index contributed by atoms with van der Waals surface area (Å²) in [6.07, 6.45) is 3.38. The number of hydrogen-bond donors (Lipinski definition) is 1. The van der Waals surface area contributed by atoms with Gasteiger partial charge in [-0.1, -0.05) is 34.8 Å². The Balaban J connectivity index is 0.000000166. The zero-order valence-electron chi connectivity index (χ0n) is 16.0. The van der Waals surface area contributed by atoms with Gasteiger partial charge in [0.15, 0.2) is 0 Å². The Labute approximate surface area is 193 Å². The number of nitrogens with zero attached hydrogens (tertiary/aromatic N) is 2. The lowest BCUT2D eigenvalue weighted by Crippen LogP contribution is -1.92. The van der Waals surface area contributed by atoms with Gasteiger partial charge in [-0.3, -0.25) is 9.97 Å². The normalized spacial score (nSPS) is 10.6. The van der Waals surface area contributed by atoms with Gasteiger partial charge in [-0.2, -0.15) is 0 Å². The van der Waals surface area contributed by atoms with Gasteiger partial charge in [0.1, 0.15) is 5.82 Å². The lowest BCUT2D eigenvalue weighted by atomic mass is 10.2. The molecule has 0 aliphatic heterocycles. The van der Waals surface area contributed by atoms with Crippen LogP contribution in [-0.2, 0) is 0 Å². The molecule has 0 radical (unpaired) electrons. The van der Waals surface area contributed by atoms with Crippen molar-refractivity contribution in [1.29, 1.82) is 0 Å². The molecular formula is C24H15Cl3FN3. The Kier molecular flexibility index (Phi) is 6.52. The minimum atomic E-state index is -0.253. The van der Waals surface area contributed by atoms with Crippen LogP contribution in [0.1, 0.15) is 0 Å². The molecular weight excluding hydrogens is 456 g/mol. The van der Waals surface area contributed by atoms with Gasteiger partial charge in [0.05, 0.1) is 16.1 Å². The van der Waals surface area contributed by atoms with Crippen LogP contribution in [0, 0.1) is 5.82 Å². The smallest absolute Gasteiger partial charge is 0.123 e. The van der Waals surface area contributed by atoms with Gasteiger partial charge in [-0.25, -0.2) is 4.39 Å². The van der Waals surface area contributed by atoms with E-state index in [0.717, 1.165) is 33.2 Å². The topological polar surface area (TPSA) is 37.8 Å². The minimum Gasteiger partial charge on any atom is -0.355 e. The molecule has 0 aliphatic rings. The second-order valence-corrected chi connectivity index (χ2v) is 7.89. The highest BCUT2D eigenvalue weighted by Crippen LogP contribution is 2.27. The van der Waals surface area contributed by atoms with Gasteiger partial charge in [-0.15, -0.1) is 0 Å². The molecule has 0 aliphatic carbocycles. The summed E-state index contributed by atoms with van der Waals surface area (Å²) in [5.41, 5.74) is 3.38. The minimum absolute atomic E-state index is 0.253. The standard InChI is InChI=1S/C15H10ClFN2.C9H5Cl2N/c16-10-1-6-13-14(7-8-18-15(13)9-10)19-12-4-2-11(17)3-5-12;10-6-1-2-7-8(11)3-4-12-9(7)5-6/h1-9H,(H,18,19);1-5H. The molecule has 0 unspecified atom stereocenters. The van der Waals surface area contributed by atoms with Gasteiger partial charge in [0.25, 0.3) is 0 Å². The van der Waals surface area contributed by atoms with Gasteiger partial charge < -0.3 is 5.32 Å². The third-order valence-electron chi connectivity index (χ3n) is 4.48. The molecule has 1 N–H and O–H groups in total. The Morgan fingerprint density at radius 3 is 1.90 bits per heavy atom. The van der Waals surface area contributed by atoms with Crippen molar-refractivity contribution in [3.8, 4) is 0 Å². The summed E-state index contributed by atoms with van der Waals surface area (Å²) in [5.74, 6) is -0.253. The Morgan fingerprint density at radius 1 is 0.645 bits per heavy atom. The predicted molar refractivity (Wildman–Crippen MR) is 128 cm³/mol. The van der Waals surface area contributed by atoms with Crippen LogP contribution in [0.25, 0.3) is 21.8 Å². The van der Waals surface area contributed by atoms with Crippen molar-refractivity contribution in [2.75, 3.05) is 5.32 Å². The van der Waals surface area contributed by atoms with Crippen LogP contribution in [-0.4, -0.2) is 9.97 Å². The van der Waals surface area contributed by atoms with Gasteiger partial charge in [0, 0.05) is 44.6 Å². The quantitative estimate of drug-likeness (QED) is 0.282. The fourth-order valence-electron chi connectivity index (χ4n) is 3.01. The van der Waals surface area contributed by atoms with Crippen molar-refractivity contribution >= 4 is 68.0 Å². The van der Waals surface area contributed by atoms with Crippen LogP contribution < -0.4 is 5.32 Å². The van der Waals surface area contributed by atoms with Gasteiger partial charge in [-0.05, 0) is 72.8 Å². The zero-order valence-corrected chi connectivity index (χ0v) is 18.3. The summed E-state index contributed by atoms with van der Waals surface area (Å²) < 4.78 is 12.9. The van der Waals surface area contributed by atoms with E-state index in [2.05, 4.69) is 15.3 Å². The number of rotatable bonds is 2. The highest BCUT2D eigenvalue weighted by atomic mass is 35.5. The summed E-state index contributed by atoms with van der Waals surface area (Å²) >= 11 is 17.7. The Morgan fingerprint density at radius 2 is 1.23 bits per heavy atom. The predicted octanol–water partition coefficient (Wildman–Crippen LogP) is 8.31. The first-order chi connectivity index (χ1) is 15.0. The van der Waals surface area contributed by atoms with Crippen LogP contribution in [0.4, 0.5) is 15.8 Å².